The van der Waals surface area contributed by atoms with Crippen LogP contribution < -0.4 is 24.8 Å². The Labute approximate surface area is 213 Å². The molecule has 0 aliphatic carbocycles. The van der Waals surface area contributed by atoms with Crippen LogP contribution in [0.5, 0.6) is 17.2 Å². The van der Waals surface area contributed by atoms with Gasteiger partial charge < -0.3 is 34.7 Å². The Hall–Kier alpha value is -4.54. The largest absolute Gasteiger partial charge is 0.493 e. The molecule has 11 heteroatoms. The van der Waals surface area contributed by atoms with Gasteiger partial charge in [0.25, 0.3) is 17.7 Å². The maximum absolute atomic E-state index is 13.3. The molecule has 11 nitrogen and oxygen atoms in total. The Kier molecular flexibility index (Phi) is 6.93. The number of methoxy groups -OCH3 is 1. The van der Waals surface area contributed by atoms with Gasteiger partial charge in [-0.1, -0.05) is 12.1 Å². The number of amides is 3. The van der Waals surface area contributed by atoms with Crippen molar-refractivity contribution in [3.05, 3.63) is 71.8 Å². The Bertz CT molecular complexity index is 1280. The lowest BCUT2D eigenvalue weighted by Gasteiger charge is -2.38. The fourth-order valence-corrected chi connectivity index (χ4v) is 4.36. The molecule has 4 heterocycles. The smallest absolute Gasteiger partial charge is 0.289 e. The van der Waals surface area contributed by atoms with Gasteiger partial charge in [0.15, 0.2) is 23.9 Å². The van der Waals surface area contributed by atoms with E-state index in [1.165, 1.54) is 19.4 Å². The van der Waals surface area contributed by atoms with Gasteiger partial charge in [0.2, 0.25) is 0 Å². The first kappa shape index (κ1) is 24.2. The van der Waals surface area contributed by atoms with Crippen LogP contribution in [0.15, 0.2) is 54.9 Å². The molecule has 0 radical (unpaired) electrons. The lowest BCUT2D eigenvalue weighted by Crippen LogP contribution is -2.58. The third-order valence-electron chi connectivity index (χ3n) is 6.34. The normalized spacial score (nSPS) is 20.0. The van der Waals surface area contributed by atoms with E-state index >= 15 is 0 Å². The summed E-state index contributed by atoms with van der Waals surface area (Å²) in [6.45, 7) is 0.778. The van der Waals surface area contributed by atoms with Crippen molar-refractivity contribution in [2.75, 3.05) is 26.8 Å². The van der Waals surface area contributed by atoms with Gasteiger partial charge in [-0.05, 0) is 35.9 Å². The fraction of sp³-hybridized carbons (Fsp3) is 0.308. The molecule has 6 rings (SSSR count). The lowest BCUT2D eigenvalue weighted by molar-refractivity contribution is -0.123. The molecule has 2 atom stereocenters. The number of carbonyl (C=O) groups is 3. The third kappa shape index (κ3) is 5.50. The van der Waals surface area contributed by atoms with Gasteiger partial charge in [0.1, 0.15) is 11.9 Å². The summed E-state index contributed by atoms with van der Waals surface area (Å²) in [5.41, 5.74) is 1.21. The molecule has 4 bridgehead atoms. The lowest BCUT2D eigenvalue weighted by atomic mass is 10.0. The molecule has 3 N–H and O–H groups in total. The molecule has 3 amide bonds. The maximum Gasteiger partial charge on any atom is 0.289 e. The summed E-state index contributed by atoms with van der Waals surface area (Å²) in [6, 6.07) is 11.6. The molecule has 0 saturated carbocycles. The second kappa shape index (κ2) is 10.6. The number of rotatable bonds is 2. The van der Waals surface area contributed by atoms with Crippen LogP contribution in [-0.4, -0.2) is 71.5 Å². The number of piperidine rings is 1. The monoisotopic (exact) mass is 505 g/mol. The van der Waals surface area contributed by atoms with Gasteiger partial charge in [-0.2, -0.15) is 0 Å². The number of nitrogens with zero attached hydrogens (tertiary/aromatic N) is 2. The van der Waals surface area contributed by atoms with Crippen LogP contribution >= 0.6 is 0 Å². The van der Waals surface area contributed by atoms with Crippen molar-refractivity contribution in [3.63, 3.8) is 0 Å². The molecule has 37 heavy (non-hydrogen) atoms. The summed E-state index contributed by atoms with van der Waals surface area (Å²) >= 11 is 0. The first-order valence-corrected chi connectivity index (χ1v) is 11.9. The average molecular weight is 506 g/mol. The third-order valence-corrected chi connectivity index (χ3v) is 6.34. The van der Waals surface area contributed by atoms with Crippen LogP contribution in [0.1, 0.15) is 33.0 Å². The standard InChI is InChI=1S/C26H27N5O6/c1-35-21-7-4-17-12-22(21)36-15-23(32)29-13-16-2-5-18(6-3-16)37-20-8-11-31(14-19(20)30-25(17)33)26(34)24-27-9-10-28-24/h2-7,9-10,12,19-20H,8,11,13-15H2,1H3,(H,27,28)(H,29,32)(H,30,33)/t19-,20+/m0/s1. The number of likely N-dealkylation sites (tertiary alicyclic amines) is 1. The molecule has 1 fully saturated rings. The van der Waals surface area contributed by atoms with Gasteiger partial charge in [-0.15, -0.1) is 0 Å². The summed E-state index contributed by atoms with van der Waals surface area (Å²) in [5, 5.41) is 5.83. The predicted octanol–water partition coefficient (Wildman–Crippen LogP) is 1.52. The summed E-state index contributed by atoms with van der Waals surface area (Å²) in [5.74, 6) is 0.602. The number of carbonyl (C=O) groups excluding carboxylic acids is 3. The van der Waals surface area contributed by atoms with Gasteiger partial charge in [-0.25, -0.2) is 4.98 Å². The number of aromatic amines is 1. The first-order chi connectivity index (χ1) is 18.0. The molecule has 1 saturated heterocycles. The van der Waals surface area contributed by atoms with Crippen molar-refractivity contribution in [3.8, 4) is 17.2 Å². The summed E-state index contributed by atoms with van der Waals surface area (Å²) in [6.07, 6.45) is 3.25. The highest BCUT2D eigenvalue weighted by Crippen LogP contribution is 2.29. The van der Waals surface area contributed by atoms with Gasteiger partial charge in [0, 0.05) is 44.0 Å². The Morgan fingerprint density at radius 2 is 2.00 bits per heavy atom. The van der Waals surface area contributed by atoms with Crippen LogP contribution in [0.3, 0.4) is 0 Å². The van der Waals surface area contributed by atoms with Crippen molar-refractivity contribution >= 4 is 17.7 Å². The number of nitrogens with one attached hydrogen (secondary N) is 3. The van der Waals surface area contributed by atoms with E-state index < -0.39 is 6.04 Å². The Balaban J connectivity index is 1.44. The molecular weight excluding hydrogens is 478 g/mol. The van der Waals surface area contributed by atoms with Crippen molar-refractivity contribution in [2.45, 2.75) is 25.1 Å². The number of benzene rings is 2. The quantitative estimate of drug-likeness (QED) is 0.481. The van der Waals surface area contributed by atoms with E-state index in [-0.39, 0.29) is 48.6 Å². The van der Waals surface area contributed by atoms with E-state index in [1.54, 1.807) is 23.2 Å². The van der Waals surface area contributed by atoms with E-state index in [0.717, 1.165) is 5.56 Å². The van der Waals surface area contributed by atoms with E-state index in [4.69, 9.17) is 14.2 Å². The molecule has 3 aliphatic heterocycles. The van der Waals surface area contributed by atoms with Crippen LogP contribution in [0.4, 0.5) is 0 Å². The zero-order valence-electron chi connectivity index (χ0n) is 20.2. The van der Waals surface area contributed by atoms with Crippen LogP contribution in [-0.2, 0) is 11.3 Å². The van der Waals surface area contributed by atoms with Gasteiger partial charge in [-0.3, -0.25) is 14.4 Å². The maximum atomic E-state index is 13.3. The molecule has 192 valence electrons. The second-order valence-corrected chi connectivity index (χ2v) is 8.79. The van der Waals surface area contributed by atoms with Gasteiger partial charge in [0.05, 0.1) is 13.2 Å². The number of aromatic nitrogens is 2. The number of H-pyrrole nitrogens is 1. The molecular formula is C26H27N5O6. The van der Waals surface area contributed by atoms with Crippen LogP contribution in [0, 0.1) is 0 Å². The van der Waals surface area contributed by atoms with Crippen LogP contribution in [0.2, 0.25) is 0 Å². The number of hydrogen-bond donors (Lipinski definition) is 3. The summed E-state index contributed by atoms with van der Waals surface area (Å²) in [4.78, 5) is 47.1. The SMILES string of the molecule is COc1ccc2cc1OCC(=O)NCc1ccc(cc1)O[C@@H]1CCN(C(=O)c3ncc[nH]3)C[C@@H]1NC2=O. The average Bonchev–Trinajstić information content (AvgIpc) is 3.46. The summed E-state index contributed by atoms with van der Waals surface area (Å²) in [7, 11) is 1.48. The van der Waals surface area contributed by atoms with Crippen molar-refractivity contribution in [1.29, 1.82) is 0 Å². The minimum absolute atomic E-state index is 0.239. The van der Waals surface area contributed by atoms with Crippen molar-refractivity contribution in [1.82, 2.24) is 25.5 Å². The Morgan fingerprint density at radius 1 is 1.16 bits per heavy atom. The second-order valence-electron chi connectivity index (χ2n) is 8.79. The molecule has 0 unspecified atom stereocenters. The highest BCUT2D eigenvalue weighted by Gasteiger charge is 2.35. The molecule has 2 aromatic carbocycles. The van der Waals surface area contributed by atoms with E-state index in [0.29, 0.717) is 36.6 Å². The zero-order valence-corrected chi connectivity index (χ0v) is 20.2. The Morgan fingerprint density at radius 3 is 2.76 bits per heavy atom. The predicted molar refractivity (Wildman–Crippen MR) is 132 cm³/mol. The highest BCUT2D eigenvalue weighted by atomic mass is 16.5. The highest BCUT2D eigenvalue weighted by molar-refractivity contribution is 5.95. The zero-order chi connectivity index (χ0) is 25.8. The van der Waals surface area contributed by atoms with E-state index in [1.807, 2.05) is 24.3 Å². The molecule has 0 spiro atoms. The van der Waals surface area contributed by atoms with Gasteiger partial charge >= 0.3 is 0 Å². The van der Waals surface area contributed by atoms with Crippen LogP contribution in [0.25, 0.3) is 0 Å². The molecule has 1 aromatic heterocycles. The minimum Gasteiger partial charge on any atom is -0.493 e. The molecule has 3 aromatic rings. The topological polar surface area (TPSA) is 135 Å². The number of imidazole rings is 1. The van der Waals surface area contributed by atoms with E-state index in [9.17, 15) is 14.4 Å². The van der Waals surface area contributed by atoms with E-state index in [2.05, 4.69) is 20.6 Å². The first-order valence-electron chi connectivity index (χ1n) is 11.9. The summed E-state index contributed by atoms with van der Waals surface area (Å²) < 4.78 is 17.3. The van der Waals surface area contributed by atoms with Crippen molar-refractivity contribution in [2.24, 2.45) is 0 Å². The number of fused-ring (bicyclic) bond motifs is 7. The fourth-order valence-electron chi connectivity index (χ4n) is 4.36. The molecule has 3 aliphatic rings. The minimum atomic E-state index is -0.495. The number of hydrogen-bond acceptors (Lipinski definition) is 7. The number of ether oxygens (including phenoxy) is 3. The van der Waals surface area contributed by atoms with Crippen molar-refractivity contribution < 1.29 is 28.6 Å².